The average molecular weight is 409 g/mol. The molecule has 0 aliphatic carbocycles. The fourth-order valence-corrected chi connectivity index (χ4v) is 5.33. The van der Waals surface area contributed by atoms with Crippen molar-refractivity contribution in [2.75, 3.05) is 19.6 Å². The highest BCUT2D eigenvalue weighted by molar-refractivity contribution is 7.89. The Bertz CT molecular complexity index is 938. The van der Waals surface area contributed by atoms with Gasteiger partial charge < -0.3 is 9.84 Å². The van der Waals surface area contributed by atoms with Gasteiger partial charge in [-0.05, 0) is 50.8 Å². The second-order valence-corrected chi connectivity index (χ2v) is 8.90. The molecule has 1 fully saturated rings. The van der Waals surface area contributed by atoms with E-state index in [9.17, 15) is 17.6 Å². The molecule has 1 aromatic carbocycles. The minimum atomic E-state index is -3.76. The van der Waals surface area contributed by atoms with Crippen LogP contribution in [-0.4, -0.2) is 43.4 Å². The number of aryl methyl sites for hydroxylation is 2. The number of hydrogen-bond acceptors (Lipinski definition) is 5. The lowest BCUT2D eigenvalue weighted by Gasteiger charge is -2.31. The summed E-state index contributed by atoms with van der Waals surface area (Å²) in [5.41, 5.74) is 1.12. The number of benzene rings is 1. The van der Waals surface area contributed by atoms with E-state index in [4.69, 9.17) is 4.52 Å². The van der Waals surface area contributed by atoms with Crippen molar-refractivity contribution in [1.29, 1.82) is 0 Å². The van der Waals surface area contributed by atoms with Crippen LogP contribution < -0.4 is 5.32 Å². The van der Waals surface area contributed by atoms with Gasteiger partial charge in [-0.1, -0.05) is 17.3 Å². The van der Waals surface area contributed by atoms with Gasteiger partial charge in [-0.3, -0.25) is 4.79 Å². The van der Waals surface area contributed by atoms with Crippen LogP contribution in [0.4, 0.5) is 4.39 Å². The Balaban J connectivity index is 1.60. The predicted octanol–water partition coefficient (Wildman–Crippen LogP) is 2.19. The third-order valence-corrected chi connectivity index (χ3v) is 7.03. The Morgan fingerprint density at radius 1 is 1.39 bits per heavy atom. The predicted molar refractivity (Wildman–Crippen MR) is 101 cm³/mol. The van der Waals surface area contributed by atoms with Gasteiger partial charge in [0, 0.05) is 19.6 Å². The van der Waals surface area contributed by atoms with E-state index < -0.39 is 15.9 Å². The van der Waals surface area contributed by atoms with Crippen LogP contribution in [0, 0.1) is 25.6 Å². The molecule has 0 bridgehead atoms. The highest BCUT2D eigenvalue weighted by Crippen LogP contribution is 2.27. The van der Waals surface area contributed by atoms with Crippen molar-refractivity contribution in [3.63, 3.8) is 0 Å². The van der Waals surface area contributed by atoms with E-state index in [1.54, 1.807) is 26.0 Å². The minimum Gasteiger partial charge on any atom is -0.360 e. The van der Waals surface area contributed by atoms with E-state index in [0.717, 1.165) is 5.56 Å². The number of hydrogen-bond donors (Lipinski definition) is 1. The van der Waals surface area contributed by atoms with Crippen LogP contribution in [0.15, 0.2) is 33.7 Å². The normalized spacial score (nSPS) is 18.2. The maximum absolute atomic E-state index is 13.2. The minimum absolute atomic E-state index is 0.0830. The zero-order chi connectivity index (χ0) is 20.3. The Morgan fingerprint density at radius 3 is 2.86 bits per heavy atom. The number of rotatable bonds is 6. The van der Waals surface area contributed by atoms with Crippen molar-refractivity contribution >= 4 is 15.9 Å². The van der Waals surface area contributed by atoms with Crippen LogP contribution in [0.3, 0.4) is 0 Å². The first-order valence-corrected chi connectivity index (χ1v) is 10.7. The molecule has 1 saturated heterocycles. The van der Waals surface area contributed by atoms with E-state index in [-0.39, 0.29) is 28.9 Å². The van der Waals surface area contributed by atoms with Crippen molar-refractivity contribution < 1.29 is 22.1 Å². The number of sulfonamides is 1. The summed E-state index contributed by atoms with van der Waals surface area (Å²) in [4.78, 5) is 12.6. The summed E-state index contributed by atoms with van der Waals surface area (Å²) in [6, 6.07) is 6.24. The monoisotopic (exact) mass is 409 g/mol. The molecule has 1 aliphatic heterocycles. The molecular formula is C19H24FN3O4S. The van der Waals surface area contributed by atoms with Crippen LogP contribution in [0.25, 0.3) is 0 Å². The van der Waals surface area contributed by atoms with Gasteiger partial charge in [-0.15, -0.1) is 0 Å². The summed E-state index contributed by atoms with van der Waals surface area (Å²) < 4.78 is 45.4. The molecular weight excluding hydrogens is 385 g/mol. The van der Waals surface area contributed by atoms with Crippen LogP contribution in [0.5, 0.6) is 0 Å². The smallest absolute Gasteiger partial charge is 0.248 e. The molecule has 3 rings (SSSR count). The summed E-state index contributed by atoms with van der Waals surface area (Å²) in [5.74, 6) is -0.665. The SMILES string of the molecule is Cc1noc(C)c1S(=O)(=O)N1CCCC(C(=O)NCCc2cccc(F)c2)C1. The zero-order valence-electron chi connectivity index (χ0n) is 15.9. The Morgan fingerprint density at radius 2 is 2.18 bits per heavy atom. The Hall–Kier alpha value is -2.26. The van der Waals surface area contributed by atoms with Gasteiger partial charge in [0.1, 0.15) is 16.4 Å². The Kier molecular flexibility index (Phi) is 6.14. The van der Waals surface area contributed by atoms with Crippen molar-refractivity contribution in [3.05, 3.63) is 47.1 Å². The van der Waals surface area contributed by atoms with Gasteiger partial charge in [0.05, 0.1) is 5.92 Å². The van der Waals surface area contributed by atoms with Gasteiger partial charge in [-0.2, -0.15) is 4.31 Å². The zero-order valence-corrected chi connectivity index (χ0v) is 16.8. The molecule has 1 atom stereocenters. The third kappa shape index (κ3) is 4.41. The molecule has 2 heterocycles. The number of amides is 1. The fourth-order valence-electron chi connectivity index (χ4n) is 3.51. The molecule has 0 spiro atoms. The molecule has 1 aliphatic rings. The lowest BCUT2D eigenvalue weighted by atomic mass is 9.99. The highest BCUT2D eigenvalue weighted by atomic mass is 32.2. The lowest BCUT2D eigenvalue weighted by molar-refractivity contribution is -0.126. The summed E-state index contributed by atoms with van der Waals surface area (Å²) >= 11 is 0. The number of carbonyl (C=O) groups is 1. The molecule has 0 saturated carbocycles. The van der Waals surface area contributed by atoms with E-state index in [0.29, 0.717) is 38.0 Å². The number of aromatic nitrogens is 1. The number of nitrogens with zero attached hydrogens (tertiary/aromatic N) is 2. The summed E-state index contributed by atoms with van der Waals surface area (Å²) in [5, 5.41) is 6.56. The molecule has 28 heavy (non-hydrogen) atoms. The molecule has 0 radical (unpaired) electrons. The van der Waals surface area contributed by atoms with Crippen molar-refractivity contribution in [1.82, 2.24) is 14.8 Å². The van der Waals surface area contributed by atoms with Crippen LogP contribution >= 0.6 is 0 Å². The first kappa shape index (κ1) is 20.5. The van der Waals surface area contributed by atoms with Crippen molar-refractivity contribution in [2.24, 2.45) is 5.92 Å². The summed E-state index contributed by atoms with van der Waals surface area (Å²) in [6.45, 7) is 4.00. The topological polar surface area (TPSA) is 92.5 Å². The number of piperidine rings is 1. The number of carbonyl (C=O) groups excluding carboxylic acids is 1. The van der Waals surface area contributed by atoms with Crippen molar-refractivity contribution in [3.8, 4) is 0 Å². The lowest BCUT2D eigenvalue weighted by Crippen LogP contribution is -2.45. The van der Waals surface area contributed by atoms with Gasteiger partial charge in [0.2, 0.25) is 15.9 Å². The van der Waals surface area contributed by atoms with Crippen molar-refractivity contribution in [2.45, 2.75) is 38.0 Å². The maximum Gasteiger partial charge on any atom is 0.248 e. The molecule has 1 amide bonds. The average Bonchev–Trinajstić information content (AvgIpc) is 3.01. The molecule has 1 unspecified atom stereocenters. The van der Waals surface area contributed by atoms with Gasteiger partial charge in [0.15, 0.2) is 5.76 Å². The molecule has 1 N–H and O–H groups in total. The molecule has 7 nitrogen and oxygen atoms in total. The highest BCUT2D eigenvalue weighted by Gasteiger charge is 2.36. The molecule has 9 heteroatoms. The van der Waals surface area contributed by atoms with Gasteiger partial charge in [-0.25, -0.2) is 12.8 Å². The second kappa shape index (κ2) is 8.40. The van der Waals surface area contributed by atoms with Crippen LogP contribution in [0.2, 0.25) is 0 Å². The van der Waals surface area contributed by atoms with Gasteiger partial charge in [0.25, 0.3) is 0 Å². The number of halogens is 1. The molecule has 152 valence electrons. The standard InChI is InChI=1S/C19H24FN3O4S/c1-13-18(14(2)27-22-13)28(25,26)23-10-4-6-16(12-23)19(24)21-9-8-15-5-3-7-17(20)11-15/h3,5,7,11,16H,4,6,8-10,12H2,1-2H3,(H,21,24). The van der Waals surface area contributed by atoms with E-state index in [1.165, 1.54) is 16.4 Å². The van der Waals surface area contributed by atoms with Gasteiger partial charge >= 0.3 is 0 Å². The first-order chi connectivity index (χ1) is 13.3. The van der Waals surface area contributed by atoms with E-state index in [2.05, 4.69) is 10.5 Å². The van der Waals surface area contributed by atoms with E-state index >= 15 is 0 Å². The molecule has 1 aromatic heterocycles. The second-order valence-electron chi connectivity index (χ2n) is 7.03. The summed E-state index contributed by atoms with van der Waals surface area (Å²) in [7, 11) is -3.76. The quantitative estimate of drug-likeness (QED) is 0.790. The number of nitrogens with one attached hydrogen (secondary N) is 1. The molecule has 2 aromatic rings. The van der Waals surface area contributed by atoms with Crippen LogP contribution in [0.1, 0.15) is 29.9 Å². The summed E-state index contributed by atoms with van der Waals surface area (Å²) in [6.07, 6.45) is 1.74. The Labute approximate surface area is 163 Å². The fraction of sp³-hybridized carbons (Fsp3) is 0.474. The van der Waals surface area contributed by atoms with Crippen LogP contribution in [-0.2, 0) is 21.2 Å². The largest absolute Gasteiger partial charge is 0.360 e. The van der Waals surface area contributed by atoms with E-state index in [1.807, 2.05) is 0 Å². The maximum atomic E-state index is 13.2. The third-order valence-electron chi connectivity index (χ3n) is 4.92. The first-order valence-electron chi connectivity index (χ1n) is 9.24.